The number of aromatic amines is 2. The zero-order chi connectivity index (χ0) is 20.7. The summed E-state index contributed by atoms with van der Waals surface area (Å²) >= 11 is 0. The zero-order valence-electron chi connectivity index (χ0n) is 16.0. The van der Waals surface area contributed by atoms with Crippen molar-refractivity contribution >= 4 is 17.2 Å². The molecule has 1 aromatic heterocycles. The Morgan fingerprint density at radius 1 is 0.767 bits per heavy atom. The van der Waals surface area contributed by atoms with Gasteiger partial charge in [-0.2, -0.15) is 5.11 Å². The lowest BCUT2D eigenvalue weighted by Gasteiger charge is -2.02. The van der Waals surface area contributed by atoms with E-state index in [4.69, 9.17) is 4.74 Å². The average Bonchev–Trinajstić information content (AvgIpc) is 3.30. The van der Waals surface area contributed by atoms with E-state index in [0.29, 0.717) is 28.3 Å². The maximum atomic E-state index is 12.7. The molecule has 3 aromatic carbocycles. The summed E-state index contributed by atoms with van der Waals surface area (Å²) in [7, 11) is 1.59. The first-order valence-corrected chi connectivity index (χ1v) is 9.30. The summed E-state index contributed by atoms with van der Waals surface area (Å²) in [5.74, 6) is 0.680. The van der Waals surface area contributed by atoms with E-state index < -0.39 is 0 Å². The van der Waals surface area contributed by atoms with Gasteiger partial charge in [0, 0.05) is 16.7 Å². The normalized spacial score (nSPS) is 12.2. The summed E-state index contributed by atoms with van der Waals surface area (Å²) in [5, 5.41) is 13.8. The predicted molar refractivity (Wildman–Crippen MR) is 113 cm³/mol. The Kier molecular flexibility index (Phi) is 4.14. The highest BCUT2D eigenvalue weighted by Crippen LogP contribution is 2.38. The molecule has 1 aliphatic rings. The Hall–Kier alpha value is -4.26. The number of H-pyrrole nitrogens is 2. The highest BCUT2D eigenvalue weighted by atomic mass is 16.5. The third-order valence-electron chi connectivity index (χ3n) is 5.11. The third kappa shape index (κ3) is 2.84. The molecule has 4 aromatic rings. The lowest BCUT2D eigenvalue weighted by molar-refractivity contribution is 0.104. The molecule has 2 N–H and O–H groups in total. The van der Waals surface area contributed by atoms with E-state index >= 15 is 0 Å². The van der Waals surface area contributed by atoms with Gasteiger partial charge in [-0.3, -0.25) is 19.8 Å². The molecular formula is C23H16N4O3. The molecule has 0 saturated heterocycles. The van der Waals surface area contributed by atoms with Crippen molar-refractivity contribution < 1.29 is 9.53 Å². The number of fused-ring (bicyclic) bond motifs is 3. The number of hydrogen-bond donors (Lipinski definition) is 2. The quantitative estimate of drug-likeness (QED) is 0.418. The van der Waals surface area contributed by atoms with Crippen LogP contribution >= 0.6 is 0 Å². The highest BCUT2D eigenvalue weighted by Gasteiger charge is 2.26. The molecule has 0 fully saturated rings. The fourth-order valence-corrected chi connectivity index (χ4v) is 3.60. The molecule has 0 saturated carbocycles. The maximum absolute atomic E-state index is 12.7. The van der Waals surface area contributed by atoms with Crippen LogP contribution in [0.25, 0.3) is 22.4 Å². The van der Waals surface area contributed by atoms with E-state index in [2.05, 4.69) is 20.4 Å². The fraction of sp³-hybridized carbons (Fsp3) is 0.0435. The van der Waals surface area contributed by atoms with Crippen LogP contribution in [0.15, 0.2) is 81.8 Å². The summed E-state index contributed by atoms with van der Waals surface area (Å²) in [4.78, 5) is 24.9. The van der Waals surface area contributed by atoms with Gasteiger partial charge in [0.25, 0.3) is 5.56 Å². The van der Waals surface area contributed by atoms with Crippen LogP contribution in [-0.2, 0) is 0 Å². The van der Waals surface area contributed by atoms with Gasteiger partial charge >= 0.3 is 0 Å². The molecule has 146 valence electrons. The number of nitrogens with one attached hydrogen (secondary N) is 2. The number of azo groups is 1. The Balaban J connectivity index is 1.49. The zero-order valence-corrected chi connectivity index (χ0v) is 16.0. The highest BCUT2D eigenvalue weighted by molar-refractivity contribution is 6.22. The van der Waals surface area contributed by atoms with Crippen LogP contribution < -0.4 is 10.3 Å². The first-order chi connectivity index (χ1) is 14.7. The number of ketones is 1. The van der Waals surface area contributed by atoms with E-state index in [1.54, 1.807) is 31.4 Å². The van der Waals surface area contributed by atoms with Crippen LogP contribution in [0.5, 0.6) is 5.75 Å². The fourth-order valence-electron chi connectivity index (χ4n) is 3.60. The summed E-state index contributed by atoms with van der Waals surface area (Å²) in [6.07, 6.45) is 0. The number of methoxy groups -OCH3 is 1. The molecule has 0 unspecified atom stereocenters. The van der Waals surface area contributed by atoms with Crippen molar-refractivity contribution in [2.24, 2.45) is 10.2 Å². The van der Waals surface area contributed by atoms with Gasteiger partial charge in [-0.15, -0.1) is 5.11 Å². The lowest BCUT2D eigenvalue weighted by atomic mass is 10.1. The van der Waals surface area contributed by atoms with Gasteiger partial charge in [-0.05, 0) is 47.5 Å². The predicted octanol–water partition coefficient (Wildman–Crippen LogP) is 5.01. The minimum atomic E-state index is -0.380. The van der Waals surface area contributed by atoms with Crippen molar-refractivity contribution in [1.82, 2.24) is 10.2 Å². The number of benzene rings is 3. The number of nitrogens with zero attached hydrogens (tertiary/aromatic N) is 2. The van der Waals surface area contributed by atoms with Crippen molar-refractivity contribution in [2.45, 2.75) is 0 Å². The Morgan fingerprint density at radius 2 is 1.50 bits per heavy atom. The number of aromatic nitrogens is 2. The van der Waals surface area contributed by atoms with Gasteiger partial charge in [0.2, 0.25) is 0 Å². The van der Waals surface area contributed by atoms with Gasteiger partial charge in [-0.25, -0.2) is 0 Å². The summed E-state index contributed by atoms with van der Waals surface area (Å²) in [5.41, 5.74) is 4.65. The number of carbonyl (C=O) groups excluding carboxylic acids is 1. The van der Waals surface area contributed by atoms with E-state index in [1.165, 1.54) is 0 Å². The molecule has 7 nitrogen and oxygen atoms in total. The summed E-state index contributed by atoms with van der Waals surface area (Å²) in [6.45, 7) is 0. The second kappa shape index (κ2) is 6.97. The summed E-state index contributed by atoms with van der Waals surface area (Å²) < 4.78 is 5.17. The second-order valence-electron chi connectivity index (χ2n) is 6.84. The molecule has 7 heteroatoms. The number of rotatable bonds is 4. The Bertz CT molecular complexity index is 1360. The number of carbonyl (C=O) groups is 1. The van der Waals surface area contributed by atoms with E-state index in [0.717, 1.165) is 16.7 Å². The Labute approximate surface area is 171 Å². The maximum Gasteiger partial charge on any atom is 0.292 e. The molecule has 30 heavy (non-hydrogen) atoms. The van der Waals surface area contributed by atoms with E-state index in [-0.39, 0.29) is 17.0 Å². The minimum Gasteiger partial charge on any atom is -0.497 e. The van der Waals surface area contributed by atoms with E-state index in [9.17, 15) is 9.59 Å². The molecule has 1 aliphatic carbocycles. The molecule has 0 amide bonds. The van der Waals surface area contributed by atoms with Crippen LogP contribution in [0, 0.1) is 0 Å². The average molecular weight is 396 g/mol. The molecule has 0 atom stereocenters. The largest absolute Gasteiger partial charge is 0.497 e. The lowest BCUT2D eigenvalue weighted by Crippen LogP contribution is -1.96. The topological polar surface area (TPSA) is 99.7 Å². The Morgan fingerprint density at radius 3 is 2.27 bits per heavy atom. The third-order valence-corrected chi connectivity index (χ3v) is 5.11. The number of ether oxygens (including phenoxy) is 1. The van der Waals surface area contributed by atoms with Crippen LogP contribution in [0.4, 0.5) is 11.4 Å². The first-order valence-electron chi connectivity index (χ1n) is 9.30. The van der Waals surface area contributed by atoms with Crippen LogP contribution in [0.1, 0.15) is 15.9 Å². The molecule has 0 bridgehead atoms. The van der Waals surface area contributed by atoms with Crippen molar-refractivity contribution in [3.8, 4) is 28.1 Å². The van der Waals surface area contributed by atoms with Gasteiger partial charge in [0.15, 0.2) is 11.5 Å². The molecule has 0 aliphatic heterocycles. The molecule has 5 rings (SSSR count). The van der Waals surface area contributed by atoms with Crippen molar-refractivity contribution in [3.63, 3.8) is 0 Å². The van der Waals surface area contributed by atoms with Crippen molar-refractivity contribution in [2.75, 3.05) is 7.11 Å². The smallest absolute Gasteiger partial charge is 0.292 e. The minimum absolute atomic E-state index is 0.0314. The summed E-state index contributed by atoms with van der Waals surface area (Å²) in [6, 6.07) is 20.1. The van der Waals surface area contributed by atoms with E-state index in [1.807, 2.05) is 42.5 Å². The van der Waals surface area contributed by atoms with Gasteiger partial charge in [-0.1, -0.05) is 30.3 Å². The molecule has 0 spiro atoms. The van der Waals surface area contributed by atoms with Crippen LogP contribution in [0.3, 0.4) is 0 Å². The van der Waals surface area contributed by atoms with Gasteiger partial charge in [0.1, 0.15) is 5.75 Å². The van der Waals surface area contributed by atoms with Gasteiger partial charge < -0.3 is 4.74 Å². The van der Waals surface area contributed by atoms with Crippen LogP contribution in [-0.4, -0.2) is 23.1 Å². The molecule has 0 radical (unpaired) electrons. The molecule has 1 heterocycles. The van der Waals surface area contributed by atoms with Crippen molar-refractivity contribution in [1.29, 1.82) is 0 Å². The van der Waals surface area contributed by atoms with Crippen molar-refractivity contribution in [3.05, 3.63) is 88.2 Å². The number of hydrogen-bond acceptors (Lipinski definition) is 5. The van der Waals surface area contributed by atoms with Crippen LogP contribution in [0.2, 0.25) is 0 Å². The molecular weight excluding hydrogens is 380 g/mol. The first kappa shape index (κ1) is 17.8. The standard InChI is InChI=1S/C23H16N4O3/c1-30-15-9-6-13(7-10-15)20-21(23(29)27-25-20)26-24-14-8-11-17-16-4-2-3-5-18(16)22(28)19(17)12-14/h2-12H,1H3,(H2,25,27,29). The SMILES string of the molecule is COc1ccc(-c2[nH][nH]c(=O)c2N=Nc2ccc3c(c2)C(=O)c2ccccc2-3)cc1. The monoisotopic (exact) mass is 396 g/mol. The van der Waals surface area contributed by atoms with Gasteiger partial charge in [0.05, 0.1) is 18.5 Å². The second-order valence-corrected chi connectivity index (χ2v) is 6.84.